The number of thiazole rings is 1. The first-order chi connectivity index (χ1) is 14.5. The number of rotatable bonds is 5. The van der Waals surface area contributed by atoms with E-state index in [9.17, 15) is 14.3 Å². The topological polar surface area (TPSA) is 93.4 Å². The van der Waals surface area contributed by atoms with E-state index in [0.717, 1.165) is 17.6 Å². The van der Waals surface area contributed by atoms with Gasteiger partial charge in [-0.25, -0.2) is 9.97 Å². The number of hydrogen-bond acceptors (Lipinski definition) is 7. The van der Waals surface area contributed by atoms with Gasteiger partial charge in [-0.2, -0.15) is 4.39 Å². The molecule has 1 fully saturated rings. The quantitative estimate of drug-likeness (QED) is 0.435. The van der Waals surface area contributed by atoms with Gasteiger partial charge in [0.05, 0.1) is 23.1 Å². The number of halogens is 1. The highest BCUT2D eigenvalue weighted by Crippen LogP contribution is 2.34. The van der Waals surface area contributed by atoms with Crippen molar-refractivity contribution in [2.45, 2.75) is 25.4 Å². The smallest absolute Gasteiger partial charge is 0.270 e. The number of nitrogens with one attached hydrogen (secondary N) is 1. The zero-order chi connectivity index (χ0) is 21.3. The van der Waals surface area contributed by atoms with E-state index in [1.165, 1.54) is 11.0 Å². The zero-order valence-electron chi connectivity index (χ0n) is 16.3. The predicted molar refractivity (Wildman–Crippen MR) is 115 cm³/mol. The van der Waals surface area contributed by atoms with Crippen LogP contribution in [0.4, 0.5) is 10.2 Å². The molecule has 2 aromatic rings. The molecule has 0 bridgehead atoms. The second-order valence-corrected chi connectivity index (χ2v) is 8.20. The van der Waals surface area contributed by atoms with Gasteiger partial charge in [0, 0.05) is 32.3 Å². The molecule has 30 heavy (non-hydrogen) atoms. The van der Waals surface area contributed by atoms with Crippen molar-refractivity contribution in [3.05, 3.63) is 53.1 Å². The first kappa shape index (κ1) is 20.4. The number of aliphatic hydroxyl groups excluding tert-OH is 1. The van der Waals surface area contributed by atoms with Gasteiger partial charge in [-0.05, 0) is 31.1 Å². The van der Waals surface area contributed by atoms with Crippen LogP contribution in [-0.4, -0.2) is 57.8 Å². The summed E-state index contributed by atoms with van der Waals surface area (Å²) >= 11 is 1.15. The summed E-state index contributed by atoms with van der Waals surface area (Å²) in [6, 6.07) is 3.40. The molecule has 2 aliphatic rings. The molecule has 1 saturated heterocycles. The monoisotopic (exact) mass is 427 g/mol. The summed E-state index contributed by atoms with van der Waals surface area (Å²) in [5.74, 6) is -0.328. The molecule has 4 rings (SSSR count). The minimum atomic E-state index is -0.624. The summed E-state index contributed by atoms with van der Waals surface area (Å²) in [5.41, 5.74) is 1.37. The first-order valence-electron chi connectivity index (χ1n) is 9.76. The van der Waals surface area contributed by atoms with Gasteiger partial charge in [0.15, 0.2) is 0 Å². The normalized spacial score (nSPS) is 17.8. The zero-order valence-corrected chi connectivity index (χ0v) is 17.2. The van der Waals surface area contributed by atoms with Crippen molar-refractivity contribution in [3.8, 4) is 10.6 Å². The third-order valence-electron chi connectivity index (χ3n) is 5.31. The number of nitrogens with zero attached hydrogens (tertiary/aromatic N) is 4. The average molecular weight is 428 g/mol. The number of aromatic nitrogens is 2. The van der Waals surface area contributed by atoms with Crippen LogP contribution in [0.3, 0.4) is 0 Å². The number of piperidine rings is 1. The van der Waals surface area contributed by atoms with Gasteiger partial charge >= 0.3 is 0 Å². The largest absolute Gasteiger partial charge is 0.393 e. The van der Waals surface area contributed by atoms with Gasteiger partial charge in [-0.15, -0.1) is 11.3 Å². The van der Waals surface area contributed by atoms with Gasteiger partial charge in [-0.1, -0.05) is 12.7 Å². The van der Waals surface area contributed by atoms with Crippen molar-refractivity contribution in [3.63, 3.8) is 0 Å². The van der Waals surface area contributed by atoms with E-state index in [1.54, 1.807) is 18.2 Å². The molecule has 0 spiro atoms. The molecule has 0 aromatic carbocycles. The summed E-state index contributed by atoms with van der Waals surface area (Å²) < 4.78 is 14.8. The highest BCUT2D eigenvalue weighted by molar-refractivity contribution is 7.17. The molecule has 4 heterocycles. The number of carbonyl (C=O) groups is 1. The summed E-state index contributed by atoms with van der Waals surface area (Å²) in [7, 11) is 0. The molecule has 2 aromatic heterocycles. The molecule has 2 N–H and O–H groups in total. The summed E-state index contributed by atoms with van der Waals surface area (Å²) in [6.07, 6.45) is 5.77. The molecular weight excluding hydrogens is 405 g/mol. The van der Waals surface area contributed by atoms with Crippen LogP contribution in [-0.2, 0) is 6.42 Å². The lowest BCUT2D eigenvalue weighted by Gasteiger charge is -2.30. The van der Waals surface area contributed by atoms with Crippen molar-refractivity contribution in [2.75, 3.05) is 24.5 Å². The van der Waals surface area contributed by atoms with Crippen LogP contribution in [0.2, 0.25) is 0 Å². The van der Waals surface area contributed by atoms with Gasteiger partial charge in [0.2, 0.25) is 5.95 Å². The average Bonchev–Trinajstić information content (AvgIpc) is 3.18. The van der Waals surface area contributed by atoms with Crippen LogP contribution < -0.4 is 4.90 Å². The molecule has 7 nitrogen and oxygen atoms in total. The Morgan fingerprint density at radius 3 is 2.73 bits per heavy atom. The number of fused-ring (bicyclic) bond motifs is 1. The van der Waals surface area contributed by atoms with Crippen LogP contribution in [0.1, 0.15) is 28.2 Å². The fourth-order valence-electron chi connectivity index (χ4n) is 3.68. The second kappa shape index (κ2) is 8.45. The second-order valence-electron chi connectivity index (χ2n) is 7.20. The van der Waals surface area contributed by atoms with Crippen LogP contribution in [0.25, 0.3) is 10.6 Å². The van der Waals surface area contributed by atoms with E-state index in [1.807, 2.05) is 4.90 Å². The maximum atomic E-state index is 14.8. The molecule has 0 atom stereocenters. The Kier molecular flexibility index (Phi) is 5.74. The highest BCUT2D eigenvalue weighted by Gasteiger charge is 2.30. The molecule has 9 heteroatoms. The van der Waals surface area contributed by atoms with Crippen molar-refractivity contribution >= 4 is 29.3 Å². The molecule has 0 saturated carbocycles. The highest BCUT2D eigenvalue weighted by atomic mass is 32.1. The minimum absolute atomic E-state index is 0.242. The van der Waals surface area contributed by atoms with Gasteiger partial charge < -0.3 is 20.3 Å². The first-order valence-corrected chi connectivity index (χ1v) is 10.6. The number of hydrogen-bond donors (Lipinski definition) is 2. The van der Waals surface area contributed by atoms with Crippen molar-refractivity contribution in [1.82, 2.24) is 14.9 Å². The van der Waals surface area contributed by atoms with E-state index in [2.05, 4.69) is 16.5 Å². The third kappa shape index (κ3) is 3.78. The Bertz CT molecular complexity index is 1030. The molecule has 2 aliphatic heterocycles. The molecular formula is C21H22FN5O2S. The Labute approximate surface area is 177 Å². The number of anilines is 1. The van der Waals surface area contributed by atoms with E-state index in [4.69, 9.17) is 5.41 Å². The maximum absolute atomic E-state index is 14.8. The van der Waals surface area contributed by atoms with Crippen molar-refractivity contribution < 1.29 is 14.3 Å². The third-order valence-corrected chi connectivity index (χ3v) is 6.43. The van der Waals surface area contributed by atoms with E-state index >= 15 is 0 Å². The standard InChI is InChI=1S/C21H22FN5O2S/c1-2-3-13(12-23)27-11-8-16-18(21(27)29)30-20(24-16)15-4-5-17(25-19(15)22)26-9-6-14(28)7-10-26/h2-5,12,14,23,28H,1,6-11H2/b13-3+,23-12?. The molecule has 156 valence electrons. The van der Waals surface area contributed by atoms with Crippen LogP contribution in [0.15, 0.2) is 36.6 Å². The number of pyridine rings is 1. The Morgan fingerprint density at radius 1 is 1.30 bits per heavy atom. The maximum Gasteiger partial charge on any atom is 0.270 e. The summed E-state index contributed by atoms with van der Waals surface area (Å²) in [6.45, 7) is 5.30. The number of aliphatic hydroxyl groups is 1. The van der Waals surface area contributed by atoms with E-state index < -0.39 is 5.95 Å². The fraction of sp³-hybridized carbons (Fsp3) is 0.333. The van der Waals surface area contributed by atoms with Gasteiger partial charge in [0.25, 0.3) is 5.91 Å². The lowest BCUT2D eigenvalue weighted by Crippen LogP contribution is -2.36. The SMILES string of the molecule is C=C/C=C(\C=N)N1CCc2nc(-c3ccc(N4CCC(O)CC4)nc3F)sc2C1=O. The van der Waals surface area contributed by atoms with Crippen molar-refractivity contribution in [1.29, 1.82) is 5.41 Å². The molecule has 1 amide bonds. The van der Waals surface area contributed by atoms with Crippen molar-refractivity contribution in [2.24, 2.45) is 0 Å². The minimum Gasteiger partial charge on any atom is -0.393 e. The van der Waals surface area contributed by atoms with Crippen LogP contribution in [0, 0.1) is 11.4 Å². The van der Waals surface area contributed by atoms with Gasteiger partial charge in [-0.3, -0.25) is 4.79 Å². The Balaban J connectivity index is 1.60. The number of allylic oxidation sites excluding steroid dienone is 3. The molecule has 0 aliphatic carbocycles. The number of carbonyl (C=O) groups excluding carboxylic acids is 1. The lowest BCUT2D eigenvalue weighted by molar-refractivity contribution is 0.0805. The predicted octanol–water partition coefficient (Wildman–Crippen LogP) is 3.02. The van der Waals surface area contributed by atoms with Gasteiger partial charge in [0.1, 0.15) is 15.7 Å². The Hall–Kier alpha value is -2.91. The van der Waals surface area contributed by atoms with E-state index in [-0.39, 0.29) is 17.6 Å². The molecule has 0 unspecified atom stereocenters. The Morgan fingerprint density at radius 2 is 2.07 bits per heavy atom. The summed E-state index contributed by atoms with van der Waals surface area (Å²) in [4.78, 5) is 25.4. The van der Waals surface area contributed by atoms with E-state index in [0.29, 0.717) is 66.0 Å². The number of amides is 1. The molecule has 0 radical (unpaired) electrons. The lowest BCUT2D eigenvalue weighted by atomic mass is 10.1. The summed E-state index contributed by atoms with van der Waals surface area (Å²) in [5, 5.41) is 17.6. The fourth-order valence-corrected chi connectivity index (χ4v) is 4.76. The van der Waals surface area contributed by atoms with Crippen LogP contribution >= 0.6 is 11.3 Å². The van der Waals surface area contributed by atoms with Crippen LogP contribution in [0.5, 0.6) is 0 Å².